The molecule has 142 valence electrons. The minimum Gasteiger partial charge on any atom is -0.355 e. The third kappa shape index (κ3) is 9.23. The van der Waals surface area contributed by atoms with Crippen LogP contribution in [-0.2, 0) is 9.59 Å². The largest absolute Gasteiger partial charge is 0.355 e. The number of rotatable bonds is 13. The van der Waals surface area contributed by atoms with Gasteiger partial charge in [-0.2, -0.15) is 0 Å². The van der Waals surface area contributed by atoms with Crippen LogP contribution in [0.3, 0.4) is 0 Å². The number of amides is 2. The molecule has 2 N–H and O–H groups in total. The topological polar surface area (TPSA) is 64.7 Å². The molecule has 0 rings (SSSR count). The number of nitrogens with zero attached hydrogens (tertiary/aromatic N) is 2. The zero-order chi connectivity index (χ0) is 18.5. The van der Waals surface area contributed by atoms with Crippen LogP contribution in [0.25, 0.3) is 0 Å². The van der Waals surface area contributed by atoms with Gasteiger partial charge in [0.1, 0.15) is 0 Å². The lowest BCUT2D eigenvalue weighted by atomic mass is 10.2. The molecule has 6 nitrogen and oxygen atoms in total. The summed E-state index contributed by atoms with van der Waals surface area (Å²) in [5.74, 6) is 0.190. The molecule has 0 radical (unpaired) electrons. The van der Waals surface area contributed by atoms with Gasteiger partial charge in [-0.1, -0.05) is 13.8 Å². The maximum Gasteiger partial charge on any atom is 0.237 e. The van der Waals surface area contributed by atoms with Gasteiger partial charge in [0, 0.05) is 13.1 Å². The van der Waals surface area contributed by atoms with Crippen molar-refractivity contribution in [2.75, 3.05) is 40.3 Å². The zero-order valence-electron chi connectivity index (χ0n) is 16.5. The smallest absolute Gasteiger partial charge is 0.237 e. The second-order valence-electron chi connectivity index (χ2n) is 6.60. The number of hydrogen-bond acceptors (Lipinski definition) is 4. The van der Waals surface area contributed by atoms with Crippen LogP contribution in [0.2, 0.25) is 0 Å². The van der Waals surface area contributed by atoms with Crippen molar-refractivity contribution in [3.05, 3.63) is 0 Å². The first kappa shape index (κ1) is 22.9. The molecule has 0 aromatic rings. The van der Waals surface area contributed by atoms with Crippen LogP contribution in [0.15, 0.2) is 0 Å². The molecule has 0 fully saturated rings. The Morgan fingerprint density at radius 1 is 0.792 bits per heavy atom. The van der Waals surface area contributed by atoms with E-state index in [2.05, 4.69) is 34.3 Å². The Hall–Kier alpha value is -1.14. The molecule has 0 aliphatic rings. The van der Waals surface area contributed by atoms with Crippen molar-refractivity contribution in [2.24, 2.45) is 0 Å². The molecule has 0 saturated carbocycles. The zero-order valence-corrected chi connectivity index (χ0v) is 16.5. The monoisotopic (exact) mass is 342 g/mol. The fourth-order valence-electron chi connectivity index (χ4n) is 2.30. The SMILES string of the molecule is CCCNC(=O)[C@@H](C)N(C)CCCCN(C)[C@@H](C)C(=O)NCCC. The second-order valence-corrected chi connectivity index (χ2v) is 6.60. The van der Waals surface area contributed by atoms with Crippen molar-refractivity contribution in [3.63, 3.8) is 0 Å². The Morgan fingerprint density at radius 2 is 1.12 bits per heavy atom. The highest BCUT2D eigenvalue weighted by Gasteiger charge is 2.18. The Bertz CT molecular complexity index is 329. The van der Waals surface area contributed by atoms with E-state index in [1.807, 2.05) is 27.9 Å². The van der Waals surface area contributed by atoms with Crippen molar-refractivity contribution in [2.45, 2.75) is 65.5 Å². The lowest BCUT2D eigenvalue weighted by Crippen LogP contribution is -2.44. The maximum absolute atomic E-state index is 11.9. The van der Waals surface area contributed by atoms with Crippen molar-refractivity contribution in [3.8, 4) is 0 Å². The highest BCUT2D eigenvalue weighted by Crippen LogP contribution is 2.03. The van der Waals surface area contributed by atoms with E-state index in [1.165, 1.54) is 0 Å². The van der Waals surface area contributed by atoms with Crippen molar-refractivity contribution in [1.82, 2.24) is 20.4 Å². The molecule has 0 aliphatic carbocycles. The molecular formula is C18H38N4O2. The Kier molecular flexibility index (Phi) is 12.6. The van der Waals surface area contributed by atoms with Gasteiger partial charge in [-0.25, -0.2) is 0 Å². The number of carbonyl (C=O) groups is 2. The molecule has 0 bridgehead atoms. The summed E-state index contributed by atoms with van der Waals surface area (Å²) in [6, 6.07) is -0.207. The summed E-state index contributed by atoms with van der Waals surface area (Å²) in [6.45, 7) is 11.2. The van der Waals surface area contributed by atoms with Crippen molar-refractivity contribution in [1.29, 1.82) is 0 Å². The molecule has 24 heavy (non-hydrogen) atoms. The van der Waals surface area contributed by atoms with Crippen molar-refractivity contribution >= 4 is 11.8 Å². The first-order valence-corrected chi connectivity index (χ1v) is 9.30. The van der Waals surface area contributed by atoms with E-state index in [9.17, 15) is 9.59 Å². The lowest BCUT2D eigenvalue weighted by molar-refractivity contribution is -0.126. The van der Waals surface area contributed by atoms with Gasteiger partial charge in [0.2, 0.25) is 11.8 Å². The van der Waals surface area contributed by atoms with Gasteiger partial charge in [-0.3, -0.25) is 19.4 Å². The van der Waals surface area contributed by atoms with E-state index >= 15 is 0 Å². The number of carbonyl (C=O) groups excluding carboxylic acids is 2. The molecule has 0 saturated heterocycles. The number of unbranched alkanes of at least 4 members (excludes halogenated alkanes) is 1. The van der Waals surface area contributed by atoms with Crippen molar-refractivity contribution < 1.29 is 9.59 Å². The number of likely N-dealkylation sites (N-methyl/N-ethyl adjacent to an activating group) is 2. The van der Waals surface area contributed by atoms with Crippen LogP contribution in [0.4, 0.5) is 0 Å². The van der Waals surface area contributed by atoms with Gasteiger partial charge in [-0.05, 0) is 66.7 Å². The average molecular weight is 343 g/mol. The Morgan fingerprint density at radius 3 is 1.42 bits per heavy atom. The molecule has 6 heteroatoms. The predicted molar refractivity (Wildman–Crippen MR) is 100 cm³/mol. The normalized spacial score (nSPS) is 13.8. The third-order valence-corrected chi connectivity index (χ3v) is 4.45. The molecule has 0 aromatic carbocycles. The summed E-state index contributed by atoms with van der Waals surface area (Å²) in [4.78, 5) is 28.0. The fourth-order valence-corrected chi connectivity index (χ4v) is 2.30. The van der Waals surface area contributed by atoms with Gasteiger partial charge >= 0.3 is 0 Å². The molecule has 0 spiro atoms. The van der Waals surface area contributed by atoms with E-state index in [1.54, 1.807) is 0 Å². The van der Waals surface area contributed by atoms with Gasteiger partial charge in [0.15, 0.2) is 0 Å². The Labute approximate surface area is 148 Å². The average Bonchev–Trinajstić information content (AvgIpc) is 2.59. The minimum absolute atomic E-state index is 0.0951. The molecule has 2 atom stereocenters. The highest BCUT2D eigenvalue weighted by atomic mass is 16.2. The van der Waals surface area contributed by atoms with Gasteiger partial charge < -0.3 is 10.6 Å². The maximum atomic E-state index is 11.9. The highest BCUT2D eigenvalue weighted by molar-refractivity contribution is 5.81. The van der Waals surface area contributed by atoms with Crippen LogP contribution in [-0.4, -0.2) is 74.0 Å². The molecule has 0 unspecified atom stereocenters. The molecule has 0 heterocycles. The summed E-state index contributed by atoms with van der Waals surface area (Å²) >= 11 is 0. The standard InChI is InChI=1S/C18H38N4O2/c1-7-11-19-17(23)15(3)21(5)13-9-10-14-22(6)16(4)18(24)20-12-8-2/h15-16H,7-14H2,1-6H3,(H,19,23)(H,20,24)/t15-,16+. The minimum atomic E-state index is -0.104. The summed E-state index contributed by atoms with van der Waals surface area (Å²) in [7, 11) is 3.97. The first-order valence-electron chi connectivity index (χ1n) is 9.30. The second kappa shape index (κ2) is 13.2. The van der Waals surface area contributed by atoms with Crippen LogP contribution < -0.4 is 10.6 Å². The fraction of sp³-hybridized carbons (Fsp3) is 0.889. The molecule has 0 aromatic heterocycles. The summed E-state index contributed by atoms with van der Waals surface area (Å²) in [6.07, 6.45) is 3.93. The quantitative estimate of drug-likeness (QED) is 0.497. The number of nitrogens with one attached hydrogen (secondary N) is 2. The van der Waals surface area contributed by atoms with Crippen LogP contribution in [0, 0.1) is 0 Å². The van der Waals surface area contributed by atoms with Gasteiger partial charge in [0.05, 0.1) is 12.1 Å². The van der Waals surface area contributed by atoms with Crippen LogP contribution in [0.5, 0.6) is 0 Å². The van der Waals surface area contributed by atoms with E-state index < -0.39 is 0 Å². The van der Waals surface area contributed by atoms with E-state index in [4.69, 9.17) is 0 Å². The number of hydrogen-bond donors (Lipinski definition) is 2. The predicted octanol–water partition coefficient (Wildman–Crippen LogP) is 1.46. The first-order chi connectivity index (χ1) is 11.3. The van der Waals surface area contributed by atoms with E-state index in [0.717, 1.165) is 51.9 Å². The third-order valence-electron chi connectivity index (χ3n) is 4.45. The molecule has 2 amide bonds. The van der Waals surface area contributed by atoms with Crippen LogP contribution in [0.1, 0.15) is 53.4 Å². The van der Waals surface area contributed by atoms with Gasteiger partial charge in [0.25, 0.3) is 0 Å². The molecular weight excluding hydrogens is 304 g/mol. The Balaban J connectivity index is 3.98. The molecule has 0 aliphatic heterocycles. The summed E-state index contributed by atoms with van der Waals surface area (Å²) in [5, 5.41) is 5.86. The lowest BCUT2D eigenvalue weighted by Gasteiger charge is -2.26. The summed E-state index contributed by atoms with van der Waals surface area (Å²) < 4.78 is 0. The van der Waals surface area contributed by atoms with E-state index in [0.29, 0.717) is 0 Å². The van der Waals surface area contributed by atoms with Crippen LogP contribution >= 0.6 is 0 Å². The summed E-state index contributed by atoms with van der Waals surface area (Å²) in [5.41, 5.74) is 0. The van der Waals surface area contributed by atoms with Gasteiger partial charge in [-0.15, -0.1) is 0 Å². The van der Waals surface area contributed by atoms with E-state index in [-0.39, 0.29) is 23.9 Å².